The van der Waals surface area contributed by atoms with Gasteiger partial charge in [0.15, 0.2) is 0 Å². The van der Waals surface area contributed by atoms with Gasteiger partial charge in [0.2, 0.25) is 5.91 Å². The standard InChI is InChI=1S/C22H23N3O2/c26-20-22(8-3-10-23-20)9-11-25(14-22)21(27)24-17-6-7-19-16(13-17)12-15-4-1-2-5-18(15)19/h1-2,4-7,13H,3,8-12,14H2,(H,23,26)(H,24,27)/t22-/m0/s1. The van der Waals surface area contributed by atoms with Gasteiger partial charge in [-0.3, -0.25) is 4.79 Å². The highest BCUT2D eigenvalue weighted by molar-refractivity contribution is 5.92. The minimum absolute atomic E-state index is 0.110. The van der Waals surface area contributed by atoms with E-state index >= 15 is 0 Å². The number of nitrogens with zero attached hydrogens (tertiary/aromatic N) is 1. The lowest BCUT2D eigenvalue weighted by atomic mass is 9.79. The van der Waals surface area contributed by atoms with Crippen LogP contribution in [-0.2, 0) is 11.2 Å². The zero-order valence-corrected chi connectivity index (χ0v) is 15.3. The fraction of sp³-hybridized carbons (Fsp3) is 0.364. The van der Waals surface area contributed by atoms with E-state index in [1.165, 1.54) is 22.3 Å². The highest BCUT2D eigenvalue weighted by Crippen LogP contribution is 2.39. The Morgan fingerprint density at radius 1 is 1.07 bits per heavy atom. The Morgan fingerprint density at radius 3 is 2.81 bits per heavy atom. The van der Waals surface area contributed by atoms with Crippen LogP contribution in [0.1, 0.15) is 30.4 Å². The third-order valence-electron chi connectivity index (χ3n) is 6.29. The van der Waals surface area contributed by atoms with Crippen LogP contribution in [0.5, 0.6) is 0 Å². The van der Waals surface area contributed by atoms with Crippen molar-refractivity contribution in [2.45, 2.75) is 25.7 Å². The van der Waals surface area contributed by atoms with E-state index in [0.717, 1.165) is 37.9 Å². The third-order valence-corrected chi connectivity index (χ3v) is 6.29. The molecule has 1 atom stereocenters. The number of benzene rings is 2. The van der Waals surface area contributed by atoms with Gasteiger partial charge in [0.1, 0.15) is 0 Å². The molecule has 3 amide bonds. The van der Waals surface area contributed by atoms with Crippen molar-refractivity contribution in [1.29, 1.82) is 0 Å². The Balaban J connectivity index is 1.30. The molecule has 1 spiro atoms. The molecule has 27 heavy (non-hydrogen) atoms. The summed E-state index contributed by atoms with van der Waals surface area (Å²) in [4.78, 5) is 26.8. The normalized spacial score (nSPS) is 23.1. The predicted molar refractivity (Wildman–Crippen MR) is 105 cm³/mol. The predicted octanol–water partition coefficient (Wildman–Crippen LogP) is 3.39. The van der Waals surface area contributed by atoms with E-state index in [1.807, 2.05) is 6.07 Å². The first-order valence-electron chi connectivity index (χ1n) is 9.70. The van der Waals surface area contributed by atoms with Crippen LogP contribution in [0.3, 0.4) is 0 Å². The Hall–Kier alpha value is -2.82. The SMILES string of the molecule is O=C(Nc1ccc2c(c1)Cc1ccccc1-2)N1CC[C@@]2(CCCNC2=O)C1. The molecule has 0 bridgehead atoms. The van der Waals surface area contributed by atoms with Crippen molar-refractivity contribution >= 4 is 17.6 Å². The second kappa shape index (κ2) is 6.12. The minimum Gasteiger partial charge on any atom is -0.356 e. The van der Waals surface area contributed by atoms with Crippen molar-refractivity contribution in [3.05, 3.63) is 53.6 Å². The Bertz CT molecular complexity index is 939. The third kappa shape index (κ3) is 2.69. The number of likely N-dealkylation sites (tertiary alicyclic amines) is 1. The van der Waals surface area contributed by atoms with Crippen molar-refractivity contribution in [3.63, 3.8) is 0 Å². The monoisotopic (exact) mass is 361 g/mol. The number of nitrogens with one attached hydrogen (secondary N) is 2. The number of urea groups is 1. The van der Waals surface area contributed by atoms with Gasteiger partial charge in [-0.25, -0.2) is 4.79 Å². The first-order valence-corrected chi connectivity index (χ1v) is 9.70. The number of anilines is 1. The van der Waals surface area contributed by atoms with Crippen LogP contribution in [0.4, 0.5) is 10.5 Å². The molecule has 138 valence electrons. The van der Waals surface area contributed by atoms with Gasteiger partial charge in [0.25, 0.3) is 0 Å². The molecule has 0 saturated carbocycles. The van der Waals surface area contributed by atoms with E-state index in [2.05, 4.69) is 47.0 Å². The van der Waals surface area contributed by atoms with Gasteiger partial charge >= 0.3 is 6.03 Å². The van der Waals surface area contributed by atoms with Gasteiger partial charge in [-0.15, -0.1) is 0 Å². The van der Waals surface area contributed by atoms with Crippen molar-refractivity contribution in [2.75, 3.05) is 25.0 Å². The van der Waals surface area contributed by atoms with E-state index in [1.54, 1.807) is 4.90 Å². The molecule has 2 aliphatic heterocycles. The summed E-state index contributed by atoms with van der Waals surface area (Å²) in [6.45, 7) is 1.90. The molecule has 2 aromatic carbocycles. The van der Waals surface area contributed by atoms with E-state index in [-0.39, 0.29) is 17.4 Å². The lowest BCUT2D eigenvalue weighted by Crippen LogP contribution is -2.48. The number of rotatable bonds is 1. The molecule has 5 heteroatoms. The van der Waals surface area contributed by atoms with E-state index in [0.29, 0.717) is 13.1 Å². The van der Waals surface area contributed by atoms with Crippen LogP contribution in [0.2, 0.25) is 0 Å². The van der Waals surface area contributed by atoms with Crippen molar-refractivity contribution < 1.29 is 9.59 Å². The van der Waals surface area contributed by atoms with Crippen LogP contribution in [0.15, 0.2) is 42.5 Å². The average Bonchev–Trinajstić information content (AvgIpc) is 3.26. The topological polar surface area (TPSA) is 61.4 Å². The van der Waals surface area contributed by atoms with Crippen LogP contribution in [-0.4, -0.2) is 36.5 Å². The molecule has 2 aromatic rings. The quantitative estimate of drug-likeness (QED) is 0.698. The van der Waals surface area contributed by atoms with E-state index in [4.69, 9.17) is 0 Å². The molecule has 5 rings (SSSR count). The van der Waals surface area contributed by atoms with Gasteiger partial charge < -0.3 is 15.5 Å². The van der Waals surface area contributed by atoms with E-state index < -0.39 is 0 Å². The van der Waals surface area contributed by atoms with Crippen LogP contribution in [0, 0.1) is 5.41 Å². The molecular formula is C22H23N3O2. The smallest absolute Gasteiger partial charge is 0.321 e. The zero-order chi connectivity index (χ0) is 18.4. The number of carbonyl (C=O) groups is 2. The number of piperidine rings is 1. The Kier molecular flexibility index (Phi) is 3.71. The van der Waals surface area contributed by atoms with Gasteiger partial charge in [-0.1, -0.05) is 30.3 Å². The van der Waals surface area contributed by atoms with Gasteiger partial charge in [0, 0.05) is 25.3 Å². The highest BCUT2D eigenvalue weighted by Gasteiger charge is 2.46. The molecule has 2 heterocycles. The maximum Gasteiger partial charge on any atom is 0.321 e. The van der Waals surface area contributed by atoms with Crippen molar-refractivity contribution in [3.8, 4) is 11.1 Å². The number of fused-ring (bicyclic) bond motifs is 3. The fourth-order valence-electron chi connectivity index (χ4n) is 4.79. The summed E-state index contributed by atoms with van der Waals surface area (Å²) in [5, 5.41) is 6.00. The second-order valence-electron chi connectivity index (χ2n) is 7.95. The molecule has 3 aliphatic rings. The molecule has 2 N–H and O–H groups in total. The number of carbonyl (C=O) groups excluding carboxylic acids is 2. The lowest BCUT2D eigenvalue weighted by Gasteiger charge is -2.32. The van der Waals surface area contributed by atoms with Crippen molar-refractivity contribution in [1.82, 2.24) is 10.2 Å². The number of hydrogen-bond donors (Lipinski definition) is 2. The van der Waals surface area contributed by atoms with Crippen LogP contribution < -0.4 is 10.6 Å². The molecule has 2 fully saturated rings. The minimum atomic E-state index is -0.380. The van der Waals surface area contributed by atoms with E-state index in [9.17, 15) is 9.59 Å². The summed E-state index contributed by atoms with van der Waals surface area (Å²) in [5.41, 5.74) is 5.56. The molecule has 2 saturated heterocycles. The van der Waals surface area contributed by atoms with Gasteiger partial charge in [-0.05, 0) is 60.1 Å². The number of hydrogen-bond acceptors (Lipinski definition) is 2. The lowest BCUT2D eigenvalue weighted by molar-refractivity contribution is -0.132. The molecule has 0 aromatic heterocycles. The summed E-state index contributed by atoms with van der Waals surface area (Å²) in [6, 6.07) is 14.5. The number of amides is 3. The summed E-state index contributed by atoms with van der Waals surface area (Å²) in [5.74, 6) is 0.111. The van der Waals surface area contributed by atoms with Gasteiger partial charge in [-0.2, -0.15) is 0 Å². The maximum absolute atomic E-state index is 12.7. The highest BCUT2D eigenvalue weighted by atomic mass is 16.2. The molecule has 0 unspecified atom stereocenters. The van der Waals surface area contributed by atoms with Crippen LogP contribution in [0.25, 0.3) is 11.1 Å². The summed E-state index contributed by atoms with van der Waals surface area (Å²) < 4.78 is 0. The Labute approximate surface area is 158 Å². The maximum atomic E-state index is 12.7. The largest absolute Gasteiger partial charge is 0.356 e. The molecule has 5 nitrogen and oxygen atoms in total. The zero-order valence-electron chi connectivity index (χ0n) is 15.3. The summed E-state index contributed by atoms with van der Waals surface area (Å²) >= 11 is 0. The molecule has 0 radical (unpaired) electrons. The van der Waals surface area contributed by atoms with Crippen LogP contribution >= 0.6 is 0 Å². The van der Waals surface area contributed by atoms with Crippen molar-refractivity contribution in [2.24, 2.45) is 5.41 Å². The second-order valence-corrected chi connectivity index (χ2v) is 7.95. The molecule has 1 aliphatic carbocycles. The van der Waals surface area contributed by atoms with Gasteiger partial charge in [0.05, 0.1) is 5.41 Å². The first-order chi connectivity index (χ1) is 13.1. The first kappa shape index (κ1) is 16.4. The summed E-state index contributed by atoms with van der Waals surface area (Å²) in [7, 11) is 0. The fourth-order valence-corrected chi connectivity index (χ4v) is 4.79. The molecular weight excluding hydrogens is 338 g/mol. The summed E-state index contributed by atoms with van der Waals surface area (Å²) in [6.07, 6.45) is 3.53. The Morgan fingerprint density at radius 2 is 1.93 bits per heavy atom. The average molecular weight is 361 g/mol.